The van der Waals surface area contributed by atoms with Crippen LogP contribution in [0.4, 0.5) is 11.6 Å². The molecule has 5 nitrogen and oxygen atoms in total. The first-order chi connectivity index (χ1) is 8.76. The molecule has 1 fully saturated rings. The first-order valence-corrected chi connectivity index (χ1v) is 7.07. The van der Waals surface area contributed by atoms with Gasteiger partial charge in [0.25, 0.3) is 0 Å². The molecule has 1 aliphatic heterocycles. The summed E-state index contributed by atoms with van der Waals surface area (Å²) >= 11 is 3.59. The summed E-state index contributed by atoms with van der Waals surface area (Å²) in [6.07, 6.45) is 4.15. The van der Waals surface area contributed by atoms with Crippen LogP contribution in [0.3, 0.4) is 0 Å². The maximum absolute atomic E-state index is 5.44. The average molecular weight is 315 g/mol. The molecule has 1 aromatic heterocycles. The molecule has 1 unspecified atom stereocenters. The molecule has 2 rings (SSSR count). The zero-order valence-corrected chi connectivity index (χ0v) is 12.4. The van der Waals surface area contributed by atoms with E-state index < -0.39 is 0 Å². The third kappa shape index (κ3) is 2.92. The SMILES string of the molecule is CCNc1ncnc(N2CCCC(OC)C2)c1Br. The van der Waals surface area contributed by atoms with Gasteiger partial charge in [-0.05, 0) is 35.7 Å². The number of piperidine rings is 1. The van der Waals surface area contributed by atoms with Crippen LogP contribution in [-0.4, -0.2) is 42.8 Å². The number of nitrogens with one attached hydrogen (secondary N) is 1. The van der Waals surface area contributed by atoms with Crippen molar-refractivity contribution in [1.29, 1.82) is 0 Å². The Morgan fingerprint density at radius 1 is 1.56 bits per heavy atom. The first-order valence-electron chi connectivity index (χ1n) is 6.28. The van der Waals surface area contributed by atoms with Gasteiger partial charge in [0.05, 0.1) is 6.10 Å². The van der Waals surface area contributed by atoms with Crippen molar-refractivity contribution in [3.05, 3.63) is 10.8 Å². The Morgan fingerprint density at radius 2 is 2.39 bits per heavy atom. The number of hydrogen-bond acceptors (Lipinski definition) is 5. The standard InChI is InChI=1S/C12H19BrN4O/c1-3-14-11-10(13)12(16-8-15-11)17-6-4-5-9(7-17)18-2/h8-9H,3-7H2,1-2H3,(H,14,15,16). The third-order valence-corrected chi connectivity index (χ3v) is 3.86. The van der Waals surface area contributed by atoms with E-state index in [1.807, 2.05) is 0 Å². The minimum atomic E-state index is 0.295. The molecule has 1 atom stereocenters. The monoisotopic (exact) mass is 314 g/mol. The number of methoxy groups -OCH3 is 1. The summed E-state index contributed by atoms with van der Waals surface area (Å²) in [6.45, 7) is 4.80. The van der Waals surface area contributed by atoms with Crippen molar-refractivity contribution in [2.24, 2.45) is 0 Å². The van der Waals surface area contributed by atoms with Crippen molar-refractivity contribution < 1.29 is 4.74 Å². The molecular weight excluding hydrogens is 296 g/mol. The fraction of sp³-hybridized carbons (Fsp3) is 0.667. The summed E-state index contributed by atoms with van der Waals surface area (Å²) in [5.74, 6) is 1.80. The van der Waals surface area contributed by atoms with E-state index in [1.54, 1.807) is 13.4 Å². The third-order valence-electron chi connectivity index (χ3n) is 3.13. The van der Waals surface area contributed by atoms with Crippen molar-refractivity contribution in [1.82, 2.24) is 9.97 Å². The van der Waals surface area contributed by atoms with E-state index in [4.69, 9.17) is 4.74 Å². The van der Waals surface area contributed by atoms with Crippen molar-refractivity contribution >= 4 is 27.6 Å². The minimum Gasteiger partial charge on any atom is -0.380 e. The van der Waals surface area contributed by atoms with Gasteiger partial charge in [-0.15, -0.1) is 0 Å². The Morgan fingerprint density at radius 3 is 3.11 bits per heavy atom. The van der Waals surface area contributed by atoms with E-state index in [0.29, 0.717) is 6.10 Å². The summed E-state index contributed by atoms with van der Waals surface area (Å²) < 4.78 is 6.38. The number of anilines is 2. The highest BCUT2D eigenvalue weighted by molar-refractivity contribution is 9.10. The number of ether oxygens (including phenoxy) is 1. The van der Waals surface area contributed by atoms with Gasteiger partial charge in [-0.25, -0.2) is 9.97 Å². The second-order valence-electron chi connectivity index (χ2n) is 4.34. The van der Waals surface area contributed by atoms with E-state index >= 15 is 0 Å². The number of hydrogen-bond donors (Lipinski definition) is 1. The Balaban J connectivity index is 2.19. The maximum Gasteiger partial charge on any atom is 0.148 e. The van der Waals surface area contributed by atoms with Gasteiger partial charge in [-0.3, -0.25) is 0 Å². The smallest absolute Gasteiger partial charge is 0.148 e. The van der Waals surface area contributed by atoms with Crippen LogP contribution in [0.25, 0.3) is 0 Å². The largest absolute Gasteiger partial charge is 0.380 e. The lowest BCUT2D eigenvalue weighted by Crippen LogP contribution is -2.40. The van der Waals surface area contributed by atoms with Gasteiger partial charge < -0.3 is 15.0 Å². The molecule has 2 heterocycles. The van der Waals surface area contributed by atoms with Crippen LogP contribution in [0.1, 0.15) is 19.8 Å². The Bertz CT molecular complexity index is 402. The van der Waals surface area contributed by atoms with Crippen molar-refractivity contribution in [3.8, 4) is 0 Å². The van der Waals surface area contributed by atoms with Gasteiger partial charge in [0.2, 0.25) is 0 Å². The number of nitrogens with zero attached hydrogens (tertiary/aromatic N) is 3. The molecule has 0 aromatic carbocycles. The summed E-state index contributed by atoms with van der Waals surface area (Å²) in [7, 11) is 1.77. The lowest BCUT2D eigenvalue weighted by atomic mass is 10.1. The Kier molecular flexibility index (Phi) is 4.77. The quantitative estimate of drug-likeness (QED) is 0.924. The Hall–Kier alpha value is -0.880. The van der Waals surface area contributed by atoms with Crippen LogP contribution in [0.5, 0.6) is 0 Å². The van der Waals surface area contributed by atoms with Crippen LogP contribution in [0.15, 0.2) is 10.8 Å². The van der Waals surface area contributed by atoms with E-state index in [-0.39, 0.29) is 0 Å². The van der Waals surface area contributed by atoms with Gasteiger partial charge in [0.1, 0.15) is 22.4 Å². The molecule has 0 spiro atoms. The average Bonchev–Trinajstić information content (AvgIpc) is 2.41. The van der Waals surface area contributed by atoms with Crippen LogP contribution < -0.4 is 10.2 Å². The lowest BCUT2D eigenvalue weighted by Gasteiger charge is -2.33. The van der Waals surface area contributed by atoms with Gasteiger partial charge in [0.15, 0.2) is 0 Å². The normalized spacial score (nSPS) is 19.9. The molecule has 100 valence electrons. The zero-order valence-electron chi connectivity index (χ0n) is 10.8. The lowest BCUT2D eigenvalue weighted by molar-refractivity contribution is 0.0891. The summed E-state index contributed by atoms with van der Waals surface area (Å²) in [4.78, 5) is 10.9. The second-order valence-corrected chi connectivity index (χ2v) is 5.13. The van der Waals surface area contributed by atoms with E-state index in [2.05, 4.69) is 43.0 Å². The fourth-order valence-corrected chi connectivity index (χ4v) is 2.79. The highest BCUT2D eigenvalue weighted by Gasteiger charge is 2.23. The topological polar surface area (TPSA) is 50.3 Å². The van der Waals surface area contributed by atoms with Gasteiger partial charge in [-0.1, -0.05) is 0 Å². The summed E-state index contributed by atoms with van der Waals surface area (Å²) in [6, 6.07) is 0. The first kappa shape index (κ1) is 13.5. The summed E-state index contributed by atoms with van der Waals surface area (Å²) in [5.41, 5.74) is 0. The van der Waals surface area contributed by atoms with Gasteiger partial charge >= 0.3 is 0 Å². The van der Waals surface area contributed by atoms with E-state index in [0.717, 1.165) is 48.6 Å². The van der Waals surface area contributed by atoms with Gasteiger partial charge in [-0.2, -0.15) is 0 Å². The molecule has 1 saturated heterocycles. The molecule has 18 heavy (non-hydrogen) atoms. The highest BCUT2D eigenvalue weighted by atomic mass is 79.9. The molecule has 6 heteroatoms. The fourth-order valence-electron chi connectivity index (χ4n) is 2.19. The molecule has 0 amide bonds. The van der Waals surface area contributed by atoms with Crippen LogP contribution >= 0.6 is 15.9 Å². The molecule has 0 radical (unpaired) electrons. The molecule has 1 N–H and O–H groups in total. The molecule has 0 saturated carbocycles. The highest BCUT2D eigenvalue weighted by Crippen LogP contribution is 2.31. The van der Waals surface area contributed by atoms with Gasteiger partial charge in [0, 0.05) is 26.7 Å². The van der Waals surface area contributed by atoms with Crippen LogP contribution in [0, 0.1) is 0 Å². The van der Waals surface area contributed by atoms with Crippen molar-refractivity contribution in [2.75, 3.05) is 37.0 Å². The number of halogens is 1. The number of aromatic nitrogens is 2. The second kappa shape index (κ2) is 6.33. The van der Waals surface area contributed by atoms with Crippen molar-refractivity contribution in [3.63, 3.8) is 0 Å². The predicted octanol–water partition coefficient (Wildman–Crippen LogP) is 2.29. The minimum absolute atomic E-state index is 0.295. The predicted molar refractivity (Wildman–Crippen MR) is 76.1 cm³/mol. The number of rotatable bonds is 4. The molecule has 0 aliphatic carbocycles. The summed E-state index contributed by atoms with van der Waals surface area (Å²) in [5, 5.41) is 3.22. The van der Waals surface area contributed by atoms with Crippen LogP contribution in [0.2, 0.25) is 0 Å². The van der Waals surface area contributed by atoms with Crippen LogP contribution in [-0.2, 0) is 4.74 Å². The molecule has 1 aliphatic rings. The van der Waals surface area contributed by atoms with E-state index in [9.17, 15) is 0 Å². The molecular formula is C12H19BrN4O. The molecule has 0 bridgehead atoms. The van der Waals surface area contributed by atoms with Crippen molar-refractivity contribution in [2.45, 2.75) is 25.9 Å². The zero-order chi connectivity index (χ0) is 13.0. The maximum atomic E-state index is 5.44. The van der Waals surface area contributed by atoms with E-state index in [1.165, 1.54) is 0 Å². The molecule has 1 aromatic rings. The Labute approximate surface area is 116 Å².